The van der Waals surface area contributed by atoms with Gasteiger partial charge in [0, 0.05) is 0 Å². The first-order valence-corrected chi connectivity index (χ1v) is 3.09. The first-order valence-electron chi connectivity index (χ1n) is 3.09. The maximum absolute atomic E-state index is 9.59. The fourth-order valence-electron chi connectivity index (χ4n) is 0.908. The van der Waals surface area contributed by atoms with Crippen molar-refractivity contribution in [3.8, 4) is 0 Å². The summed E-state index contributed by atoms with van der Waals surface area (Å²) in [5.74, 6) is -0.296. The van der Waals surface area contributed by atoms with Crippen LogP contribution in [0.25, 0.3) is 0 Å². The van der Waals surface area contributed by atoms with Crippen LogP contribution in [0.1, 0.15) is 0 Å². The van der Waals surface area contributed by atoms with Crippen LogP contribution in [0.5, 0.6) is 0 Å². The third-order valence-electron chi connectivity index (χ3n) is 1.52. The van der Waals surface area contributed by atoms with Gasteiger partial charge in [-0.2, -0.15) is 9.98 Å². The molecule has 12 heavy (non-hydrogen) atoms. The number of nitrogens with two attached hydrogens (primary N) is 1. The van der Waals surface area contributed by atoms with Crippen LogP contribution >= 0.6 is 0 Å². The van der Waals surface area contributed by atoms with Crippen molar-refractivity contribution in [3.05, 3.63) is 0 Å². The molecule has 2 aliphatic rings. The molecule has 0 aromatic rings. The fraction of sp³-hybridized carbons (Fsp3) is 0.200. The van der Waals surface area contributed by atoms with E-state index in [4.69, 9.17) is 10.8 Å². The third-order valence-corrected chi connectivity index (χ3v) is 1.52. The molecule has 0 saturated carbocycles. The average Bonchev–Trinajstić information content (AvgIpc) is 2.33. The molecule has 0 spiro atoms. The highest BCUT2D eigenvalue weighted by Gasteiger charge is 2.43. The quantitative estimate of drug-likeness (QED) is 0.403. The van der Waals surface area contributed by atoms with Crippen LogP contribution in [0.15, 0.2) is 20.0 Å². The van der Waals surface area contributed by atoms with Gasteiger partial charge in [-0.1, -0.05) is 0 Å². The van der Waals surface area contributed by atoms with E-state index in [1.807, 2.05) is 0 Å². The zero-order valence-electron chi connectivity index (χ0n) is 5.84. The molecule has 0 aromatic carbocycles. The van der Waals surface area contributed by atoms with Crippen molar-refractivity contribution in [3.63, 3.8) is 0 Å². The minimum absolute atomic E-state index is 0.0625. The molecular formula is C5H5N5O2. The van der Waals surface area contributed by atoms with Crippen LogP contribution in [0.4, 0.5) is 0 Å². The lowest BCUT2D eigenvalue weighted by atomic mass is 10.2. The van der Waals surface area contributed by atoms with Gasteiger partial charge >= 0.3 is 6.02 Å². The SMILES string of the molecule is NC1=NC(O)=NC2=NC=NC12O. The van der Waals surface area contributed by atoms with Crippen molar-refractivity contribution < 1.29 is 10.2 Å². The van der Waals surface area contributed by atoms with Crippen molar-refractivity contribution in [1.29, 1.82) is 0 Å². The molecule has 2 aliphatic heterocycles. The molecule has 2 heterocycles. The zero-order chi connectivity index (χ0) is 8.77. The summed E-state index contributed by atoms with van der Waals surface area (Å²) in [5.41, 5.74) is 3.54. The Morgan fingerprint density at radius 1 is 1.42 bits per heavy atom. The molecule has 1 atom stereocenters. The molecular weight excluding hydrogens is 162 g/mol. The molecule has 0 aromatic heterocycles. The Kier molecular flexibility index (Phi) is 1.09. The summed E-state index contributed by atoms with van der Waals surface area (Å²) in [4.78, 5) is 14.0. The van der Waals surface area contributed by atoms with E-state index >= 15 is 0 Å². The van der Waals surface area contributed by atoms with E-state index < -0.39 is 11.7 Å². The fourth-order valence-corrected chi connectivity index (χ4v) is 0.908. The van der Waals surface area contributed by atoms with Crippen LogP contribution < -0.4 is 5.73 Å². The van der Waals surface area contributed by atoms with Gasteiger partial charge in [-0.3, -0.25) is 0 Å². The number of aliphatic hydroxyl groups excluding tert-OH is 1. The number of hydrogen-bond acceptors (Lipinski definition) is 6. The monoisotopic (exact) mass is 167 g/mol. The van der Waals surface area contributed by atoms with Gasteiger partial charge < -0.3 is 15.9 Å². The second-order valence-corrected chi connectivity index (χ2v) is 2.28. The summed E-state index contributed by atoms with van der Waals surface area (Å²) in [5, 5.41) is 18.5. The maximum Gasteiger partial charge on any atom is 0.317 e. The largest absolute Gasteiger partial charge is 0.479 e. The van der Waals surface area contributed by atoms with Crippen LogP contribution in [-0.2, 0) is 0 Å². The number of hydrogen-bond donors (Lipinski definition) is 3. The first-order chi connectivity index (χ1) is 5.63. The molecule has 0 amide bonds. The van der Waals surface area contributed by atoms with Gasteiger partial charge in [0.1, 0.15) is 6.34 Å². The summed E-state index contributed by atoms with van der Waals surface area (Å²) >= 11 is 0. The van der Waals surface area contributed by atoms with Gasteiger partial charge in [0.2, 0.25) is 0 Å². The molecule has 0 aliphatic carbocycles. The van der Waals surface area contributed by atoms with Gasteiger partial charge in [0.25, 0.3) is 5.72 Å². The van der Waals surface area contributed by atoms with Gasteiger partial charge in [-0.05, 0) is 0 Å². The maximum atomic E-state index is 9.59. The topological polar surface area (TPSA) is 116 Å². The van der Waals surface area contributed by atoms with E-state index in [2.05, 4.69) is 20.0 Å². The van der Waals surface area contributed by atoms with E-state index in [1.165, 1.54) is 0 Å². The van der Waals surface area contributed by atoms with Crippen molar-refractivity contribution in [1.82, 2.24) is 0 Å². The zero-order valence-corrected chi connectivity index (χ0v) is 5.84. The predicted molar refractivity (Wildman–Crippen MR) is 42.6 cm³/mol. The molecule has 0 radical (unpaired) electrons. The molecule has 0 bridgehead atoms. The van der Waals surface area contributed by atoms with Crippen LogP contribution in [0, 0.1) is 0 Å². The van der Waals surface area contributed by atoms with Crippen molar-refractivity contribution in [2.24, 2.45) is 25.7 Å². The van der Waals surface area contributed by atoms with E-state index in [0.29, 0.717) is 0 Å². The Morgan fingerprint density at radius 2 is 2.17 bits per heavy atom. The number of rotatable bonds is 0. The van der Waals surface area contributed by atoms with Crippen molar-refractivity contribution in [2.75, 3.05) is 0 Å². The number of amidine groups is 3. The van der Waals surface area contributed by atoms with Crippen molar-refractivity contribution >= 4 is 24.0 Å². The van der Waals surface area contributed by atoms with Crippen molar-refractivity contribution in [2.45, 2.75) is 5.72 Å². The predicted octanol–water partition coefficient (Wildman–Crippen LogP) is -1.60. The lowest BCUT2D eigenvalue weighted by Gasteiger charge is -2.20. The van der Waals surface area contributed by atoms with Gasteiger partial charge in [0.15, 0.2) is 11.7 Å². The minimum atomic E-state index is -1.77. The van der Waals surface area contributed by atoms with Crippen LogP contribution in [-0.4, -0.2) is 40.0 Å². The molecule has 0 fully saturated rings. The highest BCUT2D eigenvalue weighted by Crippen LogP contribution is 2.18. The lowest BCUT2D eigenvalue weighted by Crippen LogP contribution is -2.49. The molecule has 1 unspecified atom stereocenters. The normalized spacial score (nSPS) is 32.2. The Hall–Kier alpha value is -1.76. The van der Waals surface area contributed by atoms with Gasteiger partial charge in [0.05, 0.1) is 0 Å². The van der Waals surface area contributed by atoms with Gasteiger partial charge in [-0.15, -0.1) is 0 Å². The third kappa shape index (κ3) is 0.678. The standard InChI is InChI=1S/C5H5N5O2/c6-2-5(12)3(7-1-8-5)10-4(11)9-2/h1,12H,(H3,6,7,8,9,10,11). The van der Waals surface area contributed by atoms with Gasteiger partial charge in [-0.25, -0.2) is 9.98 Å². The Labute approximate surface area is 66.7 Å². The van der Waals surface area contributed by atoms with E-state index in [9.17, 15) is 5.11 Å². The van der Waals surface area contributed by atoms with E-state index in [-0.39, 0.29) is 11.7 Å². The minimum Gasteiger partial charge on any atom is -0.479 e. The Morgan fingerprint density at radius 3 is 2.92 bits per heavy atom. The number of aliphatic imine (C=N–C) groups is 4. The molecule has 0 saturated heterocycles. The first kappa shape index (κ1) is 6.92. The summed E-state index contributed by atoms with van der Waals surface area (Å²) < 4.78 is 0. The van der Waals surface area contributed by atoms with E-state index in [0.717, 1.165) is 6.34 Å². The Balaban J connectivity index is 2.56. The highest BCUT2D eigenvalue weighted by atomic mass is 16.3. The lowest BCUT2D eigenvalue weighted by molar-refractivity contribution is 0.193. The molecule has 7 heteroatoms. The number of nitrogens with zero attached hydrogens (tertiary/aromatic N) is 4. The smallest absolute Gasteiger partial charge is 0.317 e. The molecule has 7 nitrogen and oxygen atoms in total. The highest BCUT2D eigenvalue weighted by molar-refractivity contribution is 6.23. The number of aliphatic hydroxyl groups is 2. The van der Waals surface area contributed by atoms with Crippen LogP contribution in [0.2, 0.25) is 0 Å². The number of fused-ring (bicyclic) bond motifs is 1. The van der Waals surface area contributed by atoms with E-state index in [1.54, 1.807) is 0 Å². The molecule has 62 valence electrons. The summed E-state index contributed by atoms with van der Waals surface area (Å²) in [6, 6.07) is -0.526. The average molecular weight is 167 g/mol. The Bertz CT molecular complexity index is 355. The van der Waals surface area contributed by atoms with Crippen LogP contribution in [0.3, 0.4) is 0 Å². The summed E-state index contributed by atoms with van der Waals surface area (Å²) in [7, 11) is 0. The molecule has 4 N–H and O–H groups in total. The summed E-state index contributed by atoms with van der Waals surface area (Å²) in [6.45, 7) is 0. The second kappa shape index (κ2) is 1.89. The summed E-state index contributed by atoms with van der Waals surface area (Å²) in [6.07, 6.45) is 1.11. The molecule has 2 rings (SSSR count). The second-order valence-electron chi connectivity index (χ2n) is 2.28.